The molecule has 1 aromatic heterocycles. The first-order valence-corrected chi connectivity index (χ1v) is 4.98. The van der Waals surface area contributed by atoms with Crippen LogP contribution in [-0.2, 0) is 0 Å². The van der Waals surface area contributed by atoms with Crippen LogP contribution < -0.4 is 10.6 Å². The van der Waals surface area contributed by atoms with Crippen molar-refractivity contribution in [1.82, 2.24) is 9.97 Å². The van der Waals surface area contributed by atoms with E-state index in [2.05, 4.69) is 21.8 Å². The number of aromatic nitrogens is 2. The van der Waals surface area contributed by atoms with Gasteiger partial charge in [-0.05, 0) is 25.8 Å². The molecule has 2 heterocycles. The van der Waals surface area contributed by atoms with E-state index in [4.69, 9.17) is 5.73 Å². The first-order valence-electron chi connectivity index (χ1n) is 4.98. The van der Waals surface area contributed by atoms with Crippen LogP contribution >= 0.6 is 0 Å². The molecule has 4 nitrogen and oxygen atoms in total. The van der Waals surface area contributed by atoms with Gasteiger partial charge in [-0.2, -0.15) is 0 Å². The van der Waals surface area contributed by atoms with Crippen molar-refractivity contribution >= 4 is 5.95 Å². The van der Waals surface area contributed by atoms with Gasteiger partial charge in [-0.3, -0.25) is 0 Å². The lowest BCUT2D eigenvalue weighted by atomic mass is 9.91. The Labute approximate surface area is 84.2 Å². The third-order valence-corrected chi connectivity index (χ3v) is 2.74. The summed E-state index contributed by atoms with van der Waals surface area (Å²) in [6, 6.07) is 1.83. The summed E-state index contributed by atoms with van der Waals surface area (Å²) in [5.41, 5.74) is 6.04. The first kappa shape index (κ1) is 9.40. The van der Waals surface area contributed by atoms with Gasteiger partial charge in [0.1, 0.15) is 0 Å². The summed E-state index contributed by atoms with van der Waals surface area (Å²) in [6.07, 6.45) is 5.56. The van der Waals surface area contributed by atoms with Gasteiger partial charge in [-0.15, -0.1) is 0 Å². The van der Waals surface area contributed by atoms with Gasteiger partial charge in [0.15, 0.2) is 0 Å². The quantitative estimate of drug-likeness (QED) is 0.715. The molecule has 0 unspecified atom stereocenters. The van der Waals surface area contributed by atoms with E-state index in [1.165, 1.54) is 0 Å². The highest BCUT2D eigenvalue weighted by molar-refractivity contribution is 5.29. The molecule has 0 atom stereocenters. The highest BCUT2D eigenvalue weighted by Gasteiger charge is 2.26. The molecule has 0 amide bonds. The molecular formula is C10H16N4. The highest BCUT2D eigenvalue weighted by Crippen LogP contribution is 2.21. The predicted octanol–water partition coefficient (Wildman–Crippen LogP) is 0.794. The number of hydrogen-bond acceptors (Lipinski definition) is 4. The minimum atomic E-state index is -0.00865. The fourth-order valence-electron chi connectivity index (χ4n) is 1.67. The van der Waals surface area contributed by atoms with Crippen molar-refractivity contribution in [2.45, 2.75) is 25.3 Å². The lowest BCUT2D eigenvalue weighted by Crippen LogP contribution is -2.48. The summed E-state index contributed by atoms with van der Waals surface area (Å²) in [4.78, 5) is 10.6. The number of piperidine rings is 1. The van der Waals surface area contributed by atoms with E-state index in [0.717, 1.165) is 31.9 Å². The maximum atomic E-state index is 6.05. The fourth-order valence-corrected chi connectivity index (χ4v) is 1.67. The SMILES string of the molecule is CC1(N)CCN(c2ncccn2)CC1. The zero-order chi connectivity index (χ0) is 10.0. The Kier molecular flexibility index (Phi) is 2.37. The molecule has 0 spiro atoms. The second-order valence-electron chi connectivity index (χ2n) is 4.19. The highest BCUT2D eigenvalue weighted by atomic mass is 15.3. The van der Waals surface area contributed by atoms with Crippen LogP contribution in [0.2, 0.25) is 0 Å². The van der Waals surface area contributed by atoms with Crippen molar-refractivity contribution in [3.63, 3.8) is 0 Å². The minimum Gasteiger partial charge on any atom is -0.341 e. The van der Waals surface area contributed by atoms with E-state index >= 15 is 0 Å². The van der Waals surface area contributed by atoms with Gasteiger partial charge in [0.05, 0.1) is 0 Å². The largest absolute Gasteiger partial charge is 0.341 e. The van der Waals surface area contributed by atoms with E-state index in [-0.39, 0.29) is 5.54 Å². The van der Waals surface area contributed by atoms with Gasteiger partial charge in [-0.1, -0.05) is 0 Å². The van der Waals surface area contributed by atoms with E-state index in [1.807, 2.05) is 6.07 Å². The molecule has 1 fully saturated rings. The van der Waals surface area contributed by atoms with Crippen molar-refractivity contribution in [2.75, 3.05) is 18.0 Å². The summed E-state index contributed by atoms with van der Waals surface area (Å²) >= 11 is 0. The molecule has 0 radical (unpaired) electrons. The van der Waals surface area contributed by atoms with Crippen LogP contribution in [0.4, 0.5) is 5.95 Å². The Balaban J connectivity index is 2.03. The Bertz CT molecular complexity index is 286. The van der Waals surface area contributed by atoms with Gasteiger partial charge in [-0.25, -0.2) is 9.97 Å². The van der Waals surface area contributed by atoms with E-state index in [1.54, 1.807) is 12.4 Å². The molecule has 76 valence electrons. The van der Waals surface area contributed by atoms with Gasteiger partial charge in [0.25, 0.3) is 0 Å². The van der Waals surface area contributed by atoms with Crippen molar-refractivity contribution in [3.8, 4) is 0 Å². The van der Waals surface area contributed by atoms with Gasteiger partial charge >= 0.3 is 0 Å². The number of nitrogens with zero attached hydrogens (tertiary/aromatic N) is 3. The lowest BCUT2D eigenvalue weighted by Gasteiger charge is -2.36. The lowest BCUT2D eigenvalue weighted by molar-refractivity contribution is 0.362. The second-order valence-corrected chi connectivity index (χ2v) is 4.19. The first-order chi connectivity index (χ1) is 6.67. The van der Waals surface area contributed by atoms with E-state index < -0.39 is 0 Å². The Morgan fingerprint density at radius 1 is 1.29 bits per heavy atom. The number of nitrogens with two attached hydrogens (primary N) is 1. The Morgan fingerprint density at radius 3 is 2.43 bits per heavy atom. The molecule has 0 aromatic carbocycles. The average molecular weight is 192 g/mol. The summed E-state index contributed by atoms with van der Waals surface area (Å²) < 4.78 is 0. The zero-order valence-corrected chi connectivity index (χ0v) is 8.48. The molecule has 2 N–H and O–H groups in total. The maximum Gasteiger partial charge on any atom is 0.225 e. The van der Waals surface area contributed by atoms with Crippen molar-refractivity contribution < 1.29 is 0 Å². The van der Waals surface area contributed by atoms with Crippen LogP contribution in [0.15, 0.2) is 18.5 Å². The van der Waals surface area contributed by atoms with Gasteiger partial charge < -0.3 is 10.6 Å². The van der Waals surface area contributed by atoms with E-state index in [0.29, 0.717) is 0 Å². The van der Waals surface area contributed by atoms with Crippen LogP contribution in [0.1, 0.15) is 19.8 Å². The summed E-state index contributed by atoms with van der Waals surface area (Å²) in [5.74, 6) is 0.822. The molecule has 1 aliphatic rings. The standard InChI is InChI=1S/C10H16N4/c1-10(11)3-7-14(8-4-10)9-12-5-2-6-13-9/h2,5-6H,3-4,7-8,11H2,1H3. The molecule has 1 aliphatic heterocycles. The number of rotatable bonds is 1. The summed E-state index contributed by atoms with van der Waals surface area (Å²) in [7, 11) is 0. The Morgan fingerprint density at radius 2 is 1.86 bits per heavy atom. The van der Waals surface area contributed by atoms with Crippen LogP contribution in [0.5, 0.6) is 0 Å². The minimum absolute atomic E-state index is 0.00865. The molecular weight excluding hydrogens is 176 g/mol. The molecule has 4 heteroatoms. The number of hydrogen-bond donors (Lipinski definition) is 1. The van der Waals surface area contributed by atoms with Crippen molar-refractivity contribution in [3.05, 3.63) is 18.5 Å². The topological polar surface area (TPSA) is 55.0 Å². The smallest absolute Gasteiger partial charge is 0.225 e. The summed E-state index contributed by atoms with van der Waals surface area (Å²) in [5, 5.41) is 0. The molecule has 0 aliphatic carbocycles. The van der Waals surface area contributed by atoms with Crippen molar-refractivity contribution in [2.24, 2.45) is 5.73 Å². The zero-order valence-electron chi connectivity index (χ0n) is 8.48. The Hall–Kier alpha value is -1.16. The molecule has 1 aromatic rings. The van der Waals surface area contributed by atoms with Crippen molar-refractivity contribution in [1.29, 1.82) is 0 Å². The van der Waals surface area contributed by atoms with E-state index in [9.17, 15) is 0 Å². The third-order valence-electron chi connectivity index (χ3n) is 2.74. The van der Waals surface area contributed by atoms with Gasteiger partial charge in [0, 0.05) is 31.0 Å². The average Bonchev–Trinajstić information content (AvgIpc) is 2.19. The van der Waals surface area contributed by atoms with Crippen LogP contribution in [0, 0.1) is 0 Å². The molecule has 0 saturated carbocycles. The number of anilines is 1. The molecule has 0 bridgehead atoms. The van der Waals surface area contributed by atoms with Crippen LogP contribution in [0.3, 0.4) is 0 Å². The normalized spacial score (nSPS) is 20.9. The maximum absolute atomic E-state index is 6.05. The molecule has 1 saturated heterocycles. The monoisotopic (exact) mass is 192 g/mol. The van der Waals surface area contributed by atoms with Gasteiger partial charge in [0.2, 0.25) is 5.95 Å². The molecule has 14 heavy (non-hydrogen) atoms. The predicted molar refractivity (Wildman–Crippen MR) is 56.1 cm³/mol. The second kappa shape index (κ2) is 3.53. The summed E-state index contributed by atoms with van der Waals surface area (Å²) in [6.45, 7) is 4.02. The van der Waals surface area contributed by atoms with Crippen LogP contribution in [0.25, 0.3) is 0 Å². The third kappa shape index (κ3) is 2.01. The fraction of sp³-hybridized carbons (Fsp3) is 0.600. The molecule has 2 rings (SSSR count). The van der Waals surface area contributed by atoms with Crippen LogP contribution in [-0.4, -0.2) is 28.6 Å².